The molecule has 96 valence electrons. The molecule has 0 saturated carbocycles. The lowest BCUT2D eigenvalue weighted by Crippen LogP contribution is -2.51. The van der Waals surface area contributed by atoms with Gasteiger partial charge < -0.3 is 10.1 Å². The highest BCUT2D eigenvalue weighted by Crippen LogP contribution is 2.09. The second-order valence-electron chi connectivity index (χ2n) is 4.48. The van der Waals surface area contributed by atoms with Crippen LogP contribution in [0.2, 0.25) is 0 Å². The maximum Gasteiger partial charge on any atom is 0.206 e. The lowest BCUT2D eigenvalue weighted by molar-refractivity contribution is 0.197. The van der Waals surface area contributed by atoms with Crippen LogP contribution < -0.4 is 16.6 Å². The van der Waals surface area contributed by atoms with Crippen molar-refractivity contribution < 1.29 is 4.74 Å². The van der Waals surface area contributed by atoms with Gasteiger partial charge in [0.05, 0.1) is 0 Å². The number of hydrazine groups is 1. The Hall–Kier alpha value is -0.810. The molecule has 0 radical (unpaired) electrons. The van der Waals surface area contributed by atoms with Crippen LogP contribution in [0.1, 0.15) is 40.0 Å². The van der Waals surface area contributed by atoms with Gasteiger partial charge >= 0.3 is 0 Å². The molecule has 0 rings (SSSR count). The van der Waals surface area contributed by atoms with Gasteiger partial charge in [-0.25, -0.2) is 5.84 Å². The Labute approximate surface area is 98.8 Å². The van der Waals surface area contributed by atoms with Crippen molar-refractivity contribution in [3.8, 4) is 0 Å². The standard InChI is InChI=1S/C11H26N4O/c1-5-7-11(2,3)14-10(15-12)13-8-6-9-16-4/h5-9,12H2,1-4H3,(H2,13,14,15). The zero-order valence-corrected chi connectivity index (χ0v) is 11.0. The van der Waals surface area contributed by atoms with E-state index in [0.717, 1.165) is 25.9 Å². The lowest BCUT2D eigenvalue weighted by Gasteiger charge is -2.27. The van der Waals surface area contributed by atoms with Crippen LogP contribution in [0.25, 0.3) is 0 Å². The summed E-state index contributed by atoms with van der Waals surface area (Å²) in [6.45, 7) is 7.87. The molecule has 0 atom stereocenters. The van der Waals surface area contributed by atoms with E-state index in [9.17, 15) is 0 Å². The third-order valence-corrected chi connectivity index (χ3v) is 2.25. The van der Waals surface area contributed by atoms with Crippen molar-refractivity contribution in [1.82, 2.24) is 10.7 Å². The average molecular weight is 230 g/mol. The van der Waals surface area contributed by atoms with E-state index in [1.165, 1.54) is 0 Å². The number of hydrogen-bond acceptors (Lipinski definition) is 3. The second kappa shape index (κ2) is 8.35. The van der Waals surface area contributed by atoms with E-state index < -0.39 is 0 Å². The van der Waals surface area contributed by atoms with Gasteiger partial charge in [-0.2, -0.15) is 0 Å². The molecule has 0 aromatic rings. The molecular weight excluding hydrogens is 204 g/mol. The molecule has 4 N–H and O–H groups in total. The maximum absolute atomic E-state index is 5.42. The van der Waals surface area contributed by atoms with E-state index in [1.807, 2.05) is 0 Å². The van der Waals surface area contributed by atoms with E-state index in [4.69, 9.17) is 10.6 Å². The van der Waals surface area contributed by atoms with Crippen molar-refractivity contribution >= 4 is 5.96 Å². The summed E-state index contributed by atoms with van der Waals surface area (Å²) in [5.74, 6) is 6.06. The molecule has 0 saturated heterocycles. The van der Waals surface area contributed by atoms with Gasteiger partial charge in [0.25, 0.3) is 0 Å². The van der Waals surface area contributed by atoms with E-state index in [1.54, 1.807) is 7.11 Å². The van der Waals surface area contributed by atoms with E-state index >= 15 is 0 Å². The zero-order chi connectivity index (χ0) is 12.4. The smallest absolute Gasteiger partial charge is 0.206 e. The number of nitrogens with one attached hydrogen (secondary N) is 2. The molecule has 0 aliphatic heterocycles. The molecular formula is C11H26N4O. The van der Waals surface area contributed by atoms with Gasteiger partial charge in [-0.05, 0) is 26.7 Å². The first-order valence-corrected chi connectivity index (χ1v) is 5.84. The van der Waals surface area contributed by atoms with Crippen LogP contribution in [-0.4, -0.2) is 31.8 Å². The minimum Gasteiger partial charge on any atom is -0.385 e. The molecule has 16 heavy (non-hydrogen) atoms. The van der Waals surface area contributed by atoms with Gasteiger partial charge in [-0.1, -0.05) is 13.3 Å². The fourth-order valence-electron chi connectivity index (χ4n) is 1.53. The van der Waals surface area contributed by atoms with Crippen molar-refractivity contribution in [1.29, 1.82) is 0 Å². The number of nitrogens with zero attached hydrogens (tertiary/aromatic N) is 1. The normalized spacial score (nSPS) is 12.7. The topological polar surface area (TPSA) is 71.7 Å². The first-order valence-electron chi connectivity index (χ1n) is 5.84. The van der Waals surface area contributed by atoms with Crippen LogP contribution in [-0.2, 0) is 4.74 Å². The zero-order valence-electron chi connectivity index (χ0n) is 11.0. The highest BCUT2D eigenvalue weighted by Gasteiger charge is 2.17. The van der Waals surface area contributed by atoms with Gasteiger partial charge in [0.2, 0.25) is 5.96 Å². The first-order chi connectivity index (χ1) is 7.55. The van der Waals surface area contributed by atoms with Gasteiger partial charge in [0.15, 0.2) is 0 Å². The molecule has 0 aromatic carbocycles. The lowest BCUT2D eigenvalue weighted by atomic mass is 9.99. The number of guanidine groups is 1. The fourth-order valence-corrected chi connectivity index (χ4v) is 1.53. The van der Waals surface area contributed by atoms with Gasteiger partial charge in [0.1, 0.15) is 0 Å². The minimum absolute atomic E-state index is 0.0151. The second-order valence-corrected chi connectivity index (χ2v) is 4.48. The predicted molar refractivity (Wildman–Crippen MR) is 68.2 cm³/mol. The molecule has 0 spiro atoms. The third-order valence-electron chi connectivity index (χ3n) is 2.25. The summed E-state index contributed by atoms with van der Waals surface area (Å²) < 4.78 is 4.96. The van der Waals surface area contributed by atoms with Crippen LogP contribution in [0.3, 0.4) is 0 Å². The molecule has 0 heterocycles. The summed E-state index contributed by atoms with van der Waals surface area (Å²) in [4.78, 5) is 4.34. The summed E-state index contributed by atoms with van der Waals surface area (Å²) in [5.41, 5.74) is 2.61. The van der Waals surface area contributed by atoms with E-state index in [-0.39, 0.29) is 5.54 Å². The summed E-state index contributed by atoms with van der Waals surface area (Å²) >= 11 is 0. The molecule has 0 aliphatic carbocycles. The van der Waals surface area contributed by atoms with Crippen LogP contribution >= 0.6 is 0 Å². The van der Waals surface area contributed by atoms with Crippen molar-refractivity contribution in [2.24, 2.45) is 10.8 Å². The molecule has 5 heteroatoms. The predicted octanol–water partition coefficient (Wildman–Crippen LogP) is 1.01. The van der Waals surface area contributed by atoms with Gasteiger partial charge in [-0.15, -0.1) is 0 Å². The minimum atomic E-state index is 0.0151. The number of methoxy groups -OCH3 is 1. The van der Waals surface area contributed by atoms with E-state index in [2.05, 4.69) is 36.5 Å². The molecule has 0 unspecified atom stereocenters. The number of rotatable bonds is 7. The Morgan fingerprint density at radius 2 is 2.12 bits per heavy atom. The van der Waals surface area contributed by atoms with E-state index in [0.29, 0.717) is 12.5 Å². The van der Waals surface area contributed by atoms with Crippen LogP contribution in [0, 0.1) is 0 Å². The summed E-state index contributed by atoms with van der Waals surface area (Å²) in [5, 5.41) is 3.29. The van der Waals surface area contributed by atoms with Crippen molar-refractivity contribution in [3.05, 3.63) is 0 Å². The summed E-state index contributed by atoms with van der Waals surface area (Å²) in [6.07, 6.45) is 3.10. The van der Waals surface area contributed by atoms with Gasteiger partial charge in [-0.3, -0.25) is 10.4 Å². The summed E-state index contributed by atoms with van der Waals surface area (Å²) in [6, 6.07) is 0. The Kier molecular flexibility index (Phi) is 7.93. The average Bonchev–Trinajstić information content (AvgIpc) is 2.22. The molecule has 0 bridgehead atoms. The molecule has 0 aromatic heterocycles. The van der Waals surface area contributed by atoms with Crippen LogP contribution in [0.5, 0.6) is 0 Å². The number of ether oxygens (including phenoxy) is 1. The molecule has 0 aliphatic rings. The number of nitrogens with two attached hydrogens (primary N) is 1. The SMILES string of the molecule is CCCC(C)(C)NC(=NCCCOC)NN. The number of aliphatic imine (C=N–C) groups is 1. The third kappa shape index (κ3) is 7.48. The van der Waals surface area contributed by atoms with Crippen molar-refractivity contribution in [3.63, 3.8) is 0 Å². The Morgan fingerprint density at radius 3 is 2.62 bits per heavy atom. The number of hydrogen-bond donors (Lipinski definition) is 3. The van der Waals surface area contributed by atoms with Crippen LogP contribution in [0.4, 0.5) is 0 Å². The highest BCUT2D eigenvalue weighted by molar-refractivity contribution is 5.79. The maximum atomic E-state index is 5.42. The Morgan fingerprint density at radius 1 is 1.44 bits per heavy atom. The molecule has 5 nitrogen and oxygen atoms in total. The quantitative estimate of drug-likeness (QED) is 0.201. The summed E-state index contributed by atoms with van der Waals surface area (Å²) in [7, 11) is 1.69. The van der Waals surface area contributed by atoms with Crippen molar-refractivity contribution in [2.75, 3.05) is 20.3 Å². The fraction of sp³-hybridized carbons (Fsp3) is 0.909. The van der Waals surface area contributed by atoms with Crippen LogP contribution in [0.15, 0.2) is 4.99 Å². The molecule has 0 amide bonds. The monoisotopic (exact) mass is 230 g/mol. The Balaban J connectivity index is 4.07. The van der Waals surface area contributed by atoms with Crippen molar-refractivity contribution in [2.45, 2.75) is 45.6 Å². The Bertz CT molecular complexity index is 204. The molecule has 0 fully saturated rings. The highest BCUT2D eigenvalue weighted by atomic mass is 16.5. The first kappa shape index (κ1) is 15.2. The largest absolute Gasteiger partial charge is 0.385 e. The van der Waals surface area contributed by atoms with Gasteiger partial charge in [0, 0.05) is 25.8 Å².